The third-order valence-corrected chi connectivity index (χ3v) is 20.5. The molecule has 0 radical (unpaired) electrons. The van der Waals surface area contributed by atoms with E-state index in [-0.39, 0.29) is 65.6 Å². The van der Waals surface area contributed by atoms with Gasteiger partial charge in [0.05, 0.1) is 30.2 Å². The number of aromatic nitrogens is 2. The molecular formula is C48H75N5O6S2. The van der Waals surface area contributed by atoms with Gasteiger partial charge in [-0.2, -0.15) is 0 Å². The molecule has 61 heavy (non-hydrogen) atoms. The lowest BCUT2D eigenvalue weighted by Gasteiger charge is -2.63. The molecule has 2 heterocycles. The van der Waals surface area contributed by atoms with Crippen molar-refractivity contribution in [1.29, 1.82) is 0 Å². The van der Waals surface area contributed by atoms with Gasteiger partial charge in [-0.25, -0.2) is 4.98 Å². The van der Waals surface area contributed by atoms with Gasteiger partial charge in [0, 0.05) is 53.7 Å². The number of nitrogens with zero attached hydrogens (tertiary/aromatic N) is 3. The molecule has 340 valence electrons. The number of aliphatic imine (C=N–C) groups is 1. The first-order valence-electron chi connectivity index (χ1n) is 23.5. The van der Waals surface area contributed by atoms with Crippen molar-refractivity contribution in [2.75, 3.05) is 18.1 Å². The standard InChI is InChI=1S/C48H75N5O6S2/c1-28-34-16-32(25-60-61-26-33(53-15-14-50-27-53)22-44(3,4)35(17-38(28)55)30-10-9-13-47(21-30)11-7-8-12-47)48(59)37-19-39(56)36-18-40(57)41(58)23-45(36,5)42(37)31(20-46(34,48)6)24-51-43(49)52-29(2)54/h14-15,19,27-29,31-34,36,38,40-42,54-55,57-59H,7-13,16-18,20-26H2,1-6H3,(H3,49,51,52). The van der Waals surface area contributed by atoms with Gasteiger partial charge in [0.15, 0.2) is 11.7 Å². The molecule has 11 nitrogen and oxygen atoms in total. The molecule has 13 heteroatoms. The molecule has 8 N–H and O–H groups in total. The lowest BCUT2D eigenvalue weighted by Crippen LogP contribution is -2.65. The maximum Gasteiger partial charge on any atom is 0.190 e. The van der Waals surface area contributed by atoms with Crippen molar-refractivity contribution in [3.05, 3.63) is 41.5 Å². The fraction of sp³-hybridized carbons (Fsp3) is 0.812. The second-order valence-corrected chi connectivity index (χ2v) is 24.7. The highest BCUT2D eigenvalue weighted by Gasteiger charge is 2.72. The molecule has 0 aromatic carbocycles. The van der Waals surface area contributed by atoms with Crippen LogP contribution in [0.1, 0.15) is 137 Å². The molecular weight excluding hydrogens is 807 g/mol. The molecule has 14 atom stereocenters. The Labute approximate surface area is 372 Å². The van der Waals surface area contributed by atoms with Crippen LogP contribution in [0.15, 0.2) is 46.5 Å². The molecule has 0 amide bonds. The van der Waals surface area contributed by atoms with Crippen molar-refractivity contribution in [1.82, 2.24) is 14.9 Å². The number of nitrogens with two attached hydrogens (primary N) is 1. The second kappa shape index (κ2) is 17.2. The van der Waals surface area contributed by atoms with Crippen LogP contribution in [-0.4, -0.2) is 95.0 Å². The van der Waals surface area contributed by atoms with Crippen LogP contribution in [0.25, 0.3) is 0 Å². The van der Waals surface area contributed by atoms with E-state index in [0.717, 1.165) is 30.6 Å². The van der Waals surface area contributed by atoms with Crippen LogP contribution in [0.5, 0.6) is 0 Å². The summed E-state index contributed by atoms with van der Waals surface area (Å²) in [6.07, 6.45) is 17.4. The molecule has 8 rings (SSSR count). The summed E-state index contributed by atoms with van der Waals surface area (Å²) in [7, 11) is 3.68. The van der Waals surface area contributed by atoms with Crippen molar-refractivity contribution in [3.63, 3.8) is 0 Å². The summed E-state index contributed by atoms with van der Waals surface area (Å²) in [5, 5.41) is 61.8. The number of rotatable bonds is 4. The number of nitrogens with one attached hydrogen (secondary N) is 1. The Morgan fingerprint density at radius 2 is 1.74 bits per heavy atom. The van der Waals surface area contributed by atoms with Gasteiger partial charge < -0.3 is 41.2 Å². The zero-order valence-corrected chi connectivity index (χ0v) is 39.2. The Hall–Kier alpha value is -1.87. The fourth-order valence-electron chi connectivity index (χ4n) is 15.1. The van der Waals surface area contributed by atoms with Gasteiger partial charge >= 0.3 is 0 Å². The van der Waals surface area contributed by atoms with Crippen LogP contribution < -0.4 is 11.1 Å². The predicted molar refractivity (Wildman–Crippen MR) is 244 cm³/mol. The Kier molecular flexibility index (Phi) is 12.9. The summed E-state index contributed by atoms with van der Waals surface area (Å²) in [5.74, 6) is 0.202. The van der Waals surface area contributed by atoms with Crippen LogP contribution in [0.2, 0.25) is 0 Å². The minimum atomic E-state index is -1.36. The van der Waals surface area contributed by atoms with Crippen LogP contribution in [-0.2, 0) is 4.79 Å². The normalized spacial score (nSPS) is 44.7. The highest BCUT2D eigenvalue weighted by molar-refractivity contribution is 8.76. The molecule has 1 saturated heterocycles. The third kappa shape index (κ3) is 8.13. The summed E-state index contributed by atoms with van der Waals surface area (Å²) < 4.78 is 2.26. The van der Waals surface area contributed by atoms with Gasteiger partial charge in [0.2, 0.25) is 0 Å². The number of carbonyl (C=O) groups is 1. The number of hydrogen-bond acceptors (Lipinski definition) is 10. The van der Waals surface area contributed by atoms with Crippen LogP contribution in [0.4, 0.5) is 0 Å². The predicted octanol–water partition coefficient (Wildman–Crippen LogP) is 6.95. The van der Waals surface area contributed by atoms with Gasteiger partial charge in [-0.1, -0.05) is 80.2 Å². The van der Waals surface area contributed by atoms with Crippen LogP contribution >= 0.6 is 21.6 Å². The fourth-order valence-corrected chi connectivity index (χ4v) is 17.8. The van der Waals surface area contributed by atoms with Crippen molar-refractivity contribution < 1.29 is 30.3 Å². The van der Waals surface area contributed by atoms with E-state index in [4.69, 9.17) is 10.7 Å². The van der Waals surface area contributed by atoms with E-state index in [0.29, 0.717) is 37.0 Å². The number of aliphatic hydroxyl groups excluding tert-OH is 4. The molecule has 1 spiro atoms. The zero-order chi connectivity index (χ0) is 43.7. The van der Waals surface area contributed by atoms with Crippen molar-refractivity contribution in [3.8, 4) is 0 Å². The molecule has 1 aliphatic heterocycles. The molecule has 1 aromatic rings. The maximum atomic E-state index is 14.5. The van der Waals surface area contributed by atoms with Gasteiger partial charge in [0.25, 0.3) is 0 Å². The second-order valence-electron chi connectivity index (χ2n) is 22.1. The first-order chi connectivity index (χ1) is 28.8. The molecule has 14 unspecified atom stereocenters. The maximum absolute atomic E-state index is 14.5. The van der Waals surface area contributed by atoms with Crippen LogP contribution in [0.3, 0.4) is 0 Å². The van der Waals surface area contributed by atoms with Crippen molar-refractivity contribution in [2.45, 2.75) is 168 Å². The number of ketones is 1. The first-order valence-corrected chi connectivity index (χ1v) is 26.0. The number of imidazole rings is 1. The van der Waals surface area contributed by atoms with Gasteiger partial charge in [-0.3, -0.25) is 9.79 Å². The lowest BCUT2D eigenvalue weighted by atomic mass is 9.42. The lowest BCUT2D eigenvalue weighted by molar-refractivity contribution is -0.168. The largest absolute Gasteiger partial charge is 0.393 e. The number of fused-ring (bicyclic) bond motifs is 9. The molecule has 6 fully saturated rings. The average molecular weight is 882 g/mol. The summed E-state index contributed by atoms with van der Waals surface area (Å²) >= 11 is 0. The van der Waals surface area contributed by atoms with Crippen molar-refractivity contribution >= 4 is 33.3 Å². The average Bonchev–Trinajstić information content (AvgIpc) is 3.94. The van der Waals surface area contributed by atoms with E-state index in [1.807, 2.05) is 34.1 Å². The zero-order valence-electron chi connectivity index (χ0n) is 37.6. The Morgan fingerprint density at radius 1 is 1.02 bits per heavy atom. The smallest absolute Gasteiger partial charge is 0.190 e. The molecule has 7 aliphatic rings. The van der Waals surface area contributed by atoms with E-state index in [2.05, 4.69) is 55.7 Å². The number of carbonyl (C=O) groups excluding carboxylic acids is 1. The van der Waals surface area contributed by atoms with Gasteiger partial charge in [0.1, 0.15) is 6.23 Å². The van der Waals surface area contributed by atoms with E-state index in [9.17, 15) is 30.3 Å². The van der Waals surface area contributed by atoms with E-state index in [1.165, 1.54) is 44.1 Å². The molecule has 6 aliphatic carbocycles. The minimum absolute atomic E-state index is 0.0627. The SMILES string of the molecule is CC(O)NC(N)=NCC1CC2(C)C3CC(CSSCC(n4ccnc4)CC(C)(C)C(=C4CCCC5(CCCC5)C4)CC(O)C3C)C2(O)C2=CC(=O)C3CC(O)C(O)CC3(C)C21. The highest BCUT2D eigenvalue weighted by Crippen LogP contribution is 2.72. The monoisotopic (exact) mass is 882 g/mol. The van der Waals surface area contributed by atoms with Crippen molar-refractivity contribution in [2.24, 2.45) is 67.9 Å². The molecule has 5 saturated carbocycles. The number of guanidine groups is 1. The molecule has 2 bridgehead atoms. The summed E-state index contributed by atoms with van der Waals surface area (Å²) in [6, 6.07) is 0.191. The first kappa shape index (κ1) is 45.7. The number of allylic oxidation sites excluding steroid dienone is 2. The number of aliphatic hydroxyl groups is 5. The van der Waals surface area contributed by atoms with Crippen LogP contribution in [0, 0.1) is 57.2 Å². The summed E-state index contributed by atoms with van der Waals surface area (Å²) in [6.45, 7) is 13.2. The highest BCUT2D eigenvalue weighted by atomic mass is 33.1. The van der Waals surface area contributed by atoms with E-state index in [1.54, 1.807) is 18.6 Å². The summed E-state index contributed by atoms with van der Waals surface area (Å²) in [4.78, 5) is 23.7. The number of hydrogen-bond donors (Lipinski definition) is 7. The topological polar surface area (TPSA) is 186 Å². The van der Waals surface area contributed by atoms with E-state index < -0.39 is 46.9 Å². The Balaban J connectivity index is 1.23. The van der Waals surface area contributed by atoms with E-state index >= 15 is 0 Å². The minimum Gasteiger partial charge on any atom is -0.393 e. The van der Waals surface area contributed by atoms with Gasteiger partial charge in [-0.15, -0.1) is 0 Å². The Bertz CT molecular complexity index is 1860. The quantitative estimate of drug-likeness (QED) is 0.0546. The third-order valence-electron chi connectivity index (χ3n) is 18.0. The summed E-state index contributed by atoms with van der Waals surface area (Å²) in [5.41, 5.74) is 7.47. The van der Waals surface area contributed by atoms with Gasteiger partial charge in [-0.05, 0) is 136 Å². The molecule has 1 aromatic heterocycles. The Morgan fingerprint density at radius 3 is 2.44 bits per heavy atom.